The molecule has 0 aromatic heterocycles. The fraction of sp³-hybridized carbons (Fsp3) is 0.500. The molecule has 0 aliphatic heterocycles. The predicted molar refractivity (Wildman–Crippen MR) is 80.1 cm³/mol. The Hall–Kier alpha value is -1.59. The summed E-state index contributed by atoms with van der Waals surface area (Å²) in [7, 11) is 0. The van der Waals surface area contributed by atoms with E-state index in [-0.39, 0.29) is 11.9 Å². The van der Waals surface area contributed by atoms with Gasteiger partial charge in [-0.1, -0.05) is 43.2 Å². The molecular formula is C18H22O2. The number of carbonyl (C=O) groups excluding carboxylic acids is 1. The second kappa shape index (κ2) is 6.72. The zero-order valence-electron chi connectivity index (χ0n) is 12.3. The van der Waals surface area contributed by atoms with Gasteiger partial charge >= 0.3 is 0 Å². The summed E-state index contributed by atoms with van der Waals surface area (Å²) in [6.07, 6.45) is 3.12. The van der Waals surface area contributed by atoms with Gasteiger partial charge < -0.3 is 4.74 Å². The molecule has 2 rings (SSSR count). The highest BCUT2D eigenvalue weighted by atomic mass is 16.5. The van der Waals surface area contributed by atoms with Crippen LogP contribution in [0.3, 0.4) is 0 Å². The maximum absolute atomic E-state index is 12.3. The SMILES string of the molecule is CCC#C[C@]1(C)C(=O)CCC[C@H]1OCc1ccccc1. The van der Waals surface area contributed by atoms with Crippen LogP contribution in [0.15, 0.2) is 30.3 Å². The maximum Gasteiger partial charge on any atom is 0.153 e. The normalized spacial score (nSPS) is 25.9. The van der Waals surface area contributed by atoms with Crippen molar-refractivity contribution in [3.05, 3.63) is 35.9 Å². The molecular weight excluding hydrogens is 248 g/mol. The fourth-order valence-corrected chi connectivity index (χ4v) is 2.62. The van der Waals surface area contributed by atoms with E-state index in [1.54, 1.807) is 0 Å². The lowest BCUT2D eigenvalue weighted by atomic mass is 9.72. The van der Waals surface area contributed by atoms with Crippen LogP contribution in [0.25, 0.3) is 0 Å². The topological polar surface area (TPSA) is 26.3 Å². The highest BCUT2D eigenvalue weighted by molar-refractivity contribution is 5.89. The van der Waals surface area contributed by atoms with Crippen molar-refractivity contribution >= 4 is 5.78 Å². The minimum absolute atomic E-state index is 0.0944. The smallest absolute Gasteiger partial charge is 0.153 e. The Labute approximate surface area is 121 Å². The monoisotopic (exact) mass is 270 g/mol. The standard InChI is InChI=1S/C18H22O2/c1-3-4-13-18(2)16(19)11-8-12-17(18)20-14-15-9-6-5-7-10-15/h5-7,9-10,17H,3,8,11-12,14H2,1-2H3/t17-,18-/m1/s1. The van der Waals surface area contributed by atoms with E-state index in [4.69, 9.17) is 4.74 Å². The Balaban J connectivity index is 2.09. The molecule has 0 bridgehead atoms. The van der Waals surface area contributed by atoms with Crippen LogP contribution in [0.2, 0.25) is 0 Å². The van der Waals surface area contributed by atoms with Crippen LogP contribution in [0.5, 0.6) is 0 Å². The molecule has 0 radical (unpaired) electrons. The number of ether oxygens (including phenoxy) is 1. The van der Waals surface area contributed by atoms with Gasteiger partial charge in [0.2, 0.25) is 0 Å². The van der Waals surface area contributed by atoms with Gasteiger partial charge in [0.15, 0.2) is 5.78 Å². The molecule has 1 saturated carbocycles. The van der Waals surface area contributed by atoms with Crippen molar-refractivity contribution in [2.24, 2.45) is 5.41 Å². The van der Waals surface area contributed by atoms with Gasteiger partial charge in [-0.15, -0.1) is 5.92 Å². The number of hydrogen-bond acceptors (Lipinski definition) is 2. The highest BCUT2D eigenvalue weighted by Crippen LogP contribution is 2.35. The van der Waals surface area contributed by atoms with Gasteiger partial charge in [0.1, 0.15) is 5.41 Å². The molecule has 1 aliphatic carbocycles. The van der Waals surface area contributed by atoms with Crippen LogP contribution in [0, 0.1) is 17.3 Å². The second-order valence-corrected chi connectivity index (χ2v) is 5.46. The first-order valence-electron chi connectivity index (χ1n) is 7.35. The lowest BCUT2D eigenvalue weighted by molar-refractivity contribution is -0.138. The highest BCUT2D eigenvalue weighted by Gasteiger charge is 2.43. The molecule has 20 heavy (non-hydrogen) atoms. The van der Waals surface area contributed by atoms with E-state index in [1.807, 2.05) is 44.2 Å². The number of carbonyl (C=O) groups is 1. The first kappa shape index (κ1) is 14.8. The average Bonchev–Trinajstić information content (AvgIpc) is 2.48. The van der Waals surface area contributed by atoms with Crippen molar-refractivity contribution < 1.29 is 9.53 Å². The molecule has 2 nitrogen and oxygen atoms in total. The van der Waals surface area contributed by atoms with E-state index in [0.717, 1.165) is 24.8 Å². The van der Waals surface area contributed by atoms with E-state index in [0.29, 0.717) is 13.0 Å². The molecule has 0 N–H and O–H groups in total. The molecule has 106 valence electrons. The third-order valence-electron chi connectivity index (χ3n) is 3.91. The lowest BCUT2D eigenvalue weighted by Crippen LogP contribution is -2.43. The molecule has 0 saturated heterocycles. The molecule has 1 aromatic carbocycles. The van der Waals surface area contributed by atoms with Crippen molar-refractivity contribution in [3.8, 4) is 11.8 Å². The minimum Gasteiger partial charge on any atom is -0.371 e. The summed E-state index contributed by atoms with van der Waals surface area (Å²) in [5.41, 5.74) is 0.500. The molecule has 2 heteroatoms. The minimum atomic E-state index is -0.636. The van der Waals surface area contributed by atoms with Crippen molar-refractivity contribution in [2.75, 3.05) is 0 Å². The Morgan fingerprint density at radius 1 is 1.35 bits per heavy atom. The molecule has 1 aromatic rings. The van der Waals surface area contributed by atoms with Crippen molar-refractivity contribution in [1.82, 2.24) is 0 Å². The molecule has 0 spiro atoms. The van der Waals surface area contributed by atoms with Crippen LogP contribution < -0.4 is 0 Å². The molecule has 0 amide bonds. The Bertz CT molecular complexity index is 509. The lowest BCUT2D eigenvalue weighted by Gasteiger charge is -2.36. The van der Waals surface area contributed by atoms with Gasteiger partial charge in [-0.05, 0) is 25.3 Å². The van der Waals surface area contributed by atoms with E-state index in [1.165, 1.54) is 0 Å². The van der Waals surface area contributed by atoms with E-state index in [2.05, 4.69) is 11.8 Å². The first-order chi connectivity index (χ1) is 9.66. The first-order valence-corrected chi connectivity index (χ1v) is 7.35. The predicted octanol–water partition coefficient (Wildman–Crippen LogP) is 3.74. The maximum atomic E-state index is 12.3. The zero-order valence-corrected chi connectivity index (χ0v) is 12.3. The third-order valence-corrected chi connectivity index (χ3v) is 3.91. The average molecular weight is 270 g/mol. The Kier molecular flexibility index (Phi) is 4.98. The van der Waals surface area contributed by atoms with Gasteiger partial charge in [-0.3, -0.25) is 4.79 Å². The summed E-state index contributed by atoms with van der Waals surface area (Å²) in [4.78, 5) is 12.3. The molecule has 1 aliphatic rings. The van der Waals surface area contributed by atoms with Crippen LogP contribution in [-0.2, 0) is 16.1 Å². The van der Waals surface area contributed by atoms with E-state index < -0.39 is 5.41 Å². The van der Waals surface area contributed by atoms with Gasteiger partial charge in [0, 0.05) is 12.8 Å². The van der Waals surface area contributed by atoms with Crippen molar-refractivity contribution in [1.29, 1.82) is 0 Å². The fourth-order valence-electron chi connectivity index (χ4n) is 2.62. The van der Waals surface area contributed by atoms with Gasteiger partial charge in [0.05, 0.1) is 12.7 Å². The van der Waals surface area contributed by atoms with Crippen molar-refractivity contribution in [2.45, 2.75) is 52.2 Å². The zero-order chi connectivity index (χ0) is 14.4. The summed E-state index contributed by atoms with van der Waals surface area (Å²) in [5, 5.41) is 0. The molecule has 0 heterocycles. The summed E-state index contributed by atoms with van der Waals surface area (Å²) >= 11 is 0. The largest absolute Gasteiger partial charge is 0.371 e. The van der Waals surface area contributed by atoms with Crippen LogP contribution >= 0.6 is 0 Å². The van der Waals surface area contributed by atoms with Gasteiger partial charge in [0.25, 0.3) is 0 Å². The summed E-state index contributed by atoms with van der Waals surface area (Å²) in [6, 6.07) is 10.1. The van der Waals surface area contributed by atoms with E-state index >= 15 is 0 Å². The number of ketones is 1. The summed E-state index contributed by atoms with van der Waals surface area (Å²) < 4.78 is 6.03. The number of hydrogen-bond donors (Lipinski definition) is 0. The Morgan fingerprint density at radius 3 is 2.80 bits per heavy atom. The second-order valence-electron chi connectivity index (χ2n) is 5.46. The molecule has 2 atom stereocenters. The Morgan fingerprint density at radius 2 is 2.10 bits per heavy atom. The number of benzene rings is 1. The van der Waals surface area contributed by atoms with Crippen LogP contribution in [0.1, 0.15) is 45.1 Å². The van der Waals surface area contributed by atoms with Gasteiger partial charge in [-0.2, -0.15) is 0 Å². The quantitative estimate of drug-likeness (QED) is 0.782. The number of Topliss-reactive ketones (excluding diaryl/α,β-unsaturated/α-hetero) is 1. The summed E-state index contributed by atoms with van der Waals surface area (Å²) in [6.45, 7) is 4.48. The summed E-state index contributed by atoms with van der Waals surface area (Å²) in [5.74, 6) is 6.45. The number of rotatable bonds is 3. The van der Waals surface area contributed by atoms with Gasteiger partial charge in [-0.25, -0.2) is 0 Å². The molecule has 1 fully saturated rings. The third kappa shape index (κ3) is 3.29. The molecule has 0 unspecified atom stereocenters. The van der Waals surface area contributed by atoms with Crippen molar-refractivity contribution in [3.63, 3.8) is 0 Å². The van der Waals surface area contributed by atoms with Crippen LogP contribution in [-0.4, -0.2) is 11.9 Å². The van der Waals surface area contributed by atoms with E-state index in [9.17, 15) is 4.79 Å². The van der Waals surface area contributed by atoms with Crippen LogP contribution in [0.4, 0.5) is 0 Å².